The number of carbonyl (C=O) groups excluding carboxylic acids is 1. The fourth-order valence-corrected chi connectivity index (χ4v) is 1.54. The van der Waals surface area contributed by atoms with Gasteiger partial charge in [-0.2, -0.15) is 5.10 Å². The number of anilines is 2. The lowest BCUT2D eigenvalue weighted by atomic mass is 10.2. The van der Waals surface area contributed by atoms with Gasteiger partial charge < -0.3 is 11.1 Å². The summed E-state index contributed by atoms with van der Waals surface area (Å²) in [5.41, 5.74) is 7.41. The first-order valence-electron chi connectivity index (χ1n) is 4.96. The van der Waals surface area contributed by atoms with E-state index in [4.69, 9.17) is 17.3 Å². The summed E-state index contributed by atoms with van der Waals surface area (Å²) in [6.45, 7) is 1.74. The molecule has 88 valence electrons. The molecule has 0 saturated carbocycles. The van der Waals surface area contributed by atoms with Crippen molar-refractivity contribution < 1.29 is 4.79 Å². The summed E-state index contributed by atoms with van der Waals surface area (Å²) < 4.78 is 0. The van der Waals surface area contributed by atoms with Gasteiger partial charge in [-0.15, -0.1) is 0 Å². The molecule has 1 heterocycles. The quantitative estimate of drug-likeness (QED) is 0.764. The summed E-state index contributed by atoms with van der Waals surface area (Å²) in [4.78, 5) is 11.9. The van der Waals surface area contributed by atoms with Crippen molar-refractivity contribution in [1.29, 1.82) is 0 Å². The number of carbonyl (C=O) groups is 1. The number of hydrogen-bond donors (Lipinski definition) is 3. The lowest BCUT2D eigenvalue weighted by molar-refractivity contribution is 0.102. The van der Waals surface area contributed by atoms with E-state index in [1.54, 1.807) is 31.2 Å². The third-order valence-electron chi connectivity index (χ3n) is 2.33. The first kappa shape index (κ1) is 11.5. The van der Waals surface area contributed by atoms with Crippen molar-refractivity contribution in [2.24, 2.45) is 0 Å². The highest BCUT2D eigenvalue weighted by Crippen LogP contribution is 2.22. The second-order valence-corrected chi connectivity index (χ2v) is 3.95. The van der Waals surface area contributed by atoms with Crippen LogP contribution in [0, 0.1) is 6.92 Å². The molecular formula is C11H11ClN4O. The normalized spacial score (nSPS) is 10.2. The van der Waals surface area contributed by atoms with Crippen molar-refractivity contribution >= 4 is 28.9 Å². The zero-order valence-corrected chi connectivity index (χ0v) is 9.88. The van der Waals surface area contributed by atoms with Crippen LogP contribution in [0.4, 0.5) is 11.4 Å². The maximum Gasteiger partial charge on any atom is 0.278 e. The molecule has 0 aliphatic heterocycles. The van der Waals surface area contributed by atoms with Gasteiger partial charge in [-0.25, -0.2) is 0 Å². The van der Waals surface area contributed by atoms with Crippen LogP contribution in [0.5, 0.6) is 0 Å². The van der Waals surface area contributed by atoms with Gasteiger partial charge in [0.1, 0.15) is 0 Å². The van der Waals surface area contributed by atoms with Gasteiger partial charge in [0.05, 0.1) is 22.1 Å². The number of halogens is 1. The van der Waals surface area contributed by atoms with E-state index >= 15 is 0 Å². The smallest absolute Gasteiger partial charge is 0.278 e. The molecule has 5 nitrogen and oxygen atoms in total. The van der Waals surface area contributed by atoms with Crippen LogP contribution in [-0.2, 0) is 0 Å². The van der Waals surface area contributed by atoms with Crippen LogP contribution in [0.1, 0.15) is 16.2 Å². The molecule has 0 aliphatic rings. The Balaban J connectivity index is 2.23. The standard InChI is InChI=1S/C11H11ClN4O/c1-6-9(13)10(16-15-6)11(17)14-8-5-3-2-4-7(8)12/h2-5H,13H2,1H3,(H,14,17)(H,15,16). The number of aromatic nitrogens is 2. The van der Waals surface area contributed by atoms with Crippen LogP contribution >= 0.6 is 11.6 Å². The molecule has 0 fully saturated rings. The van der Waals surface area contributed by atoms with Crippen molar-refractivity contribution in [3.8, 4) is 0 Å². The van der Waals surface area contributed by atoms with E-state index in [1.807, 2.05) is 0 Å². The number of nitrogens with zero attached hydrogens (tertiary/aromatic N) is 1. The average molecular weight is 251 g/mol. The third-order valence-corrected chi connectivity index (χ3v) is 2.66. The summed E-state index contributed by atoms with van der Waals surface area (Å²) in [5.74, 6) is -0.389. The van der Waals surface area contributed by atoms with E-state index in [0.717, 1.165) is 0 Å². The minimum absolute atomic E-state index is 0.169. The third kappa shape index (κ3) is 2.24. The Morgan fingerprint density at radius 2 is 2.18 bits per heavy atom. The minimum atomic E-state index is -0.389. The summed E-state index contributed by atoms with van der Waals surface area (Å²) >= 11 is 5.93. The molecule has 6 heteroatoms. The number of nitrogens with one attached hydrogen (secondary N) is 2. The number of H-pyrrole nitrogens is 1. The molecular weight excluding hydrogens is 240 g/mol. The second-order valence-electron chi connectivity index (χ2n) is 3.54. The minimum Gasteiger partial charge on any atom is -0.395 e. The second kappa shape index (κ2) is 4.47. The van der Waals surface area contributed by atoms with Gasteiger partial charge in [0.2, 0.25) is 0 Å². The molecule has 0 radical (unpaired) electrons. The van der Waals surface area contributed by atoms with Gasteiger partial charge in [-0.3, -0.25) is 9.89 Å². The number of benzene rings is 1. The van der Waals surface area contributed by atoms with E-state index in [0.29, 0.717) is 22.1 Å². The fourth-order valence-electron chi connectivity index (χ4n) is 1.35. The first-order chi connectivity index (χ1) is 8.09. The number of rotatable bonds is 2. The van der Waals surface area contributed by atoms with Gasteiger partial charge in [0.25, 0.3) is 5.91 Å². The Morgan fingerprint density at radius 3 is 2.76 bits per heavy atom. The molecule has 0 atom stereocenters. The van der Waals surface area contributed by atoms with E-state index in [9.17, 15) is 4.79 Å². The van der Waals surface area contributed by atoms with Crippen molar-refractivity contribution in [3.63, 3.8) is 0 Å². The maximum absolute atomic E-state index is 11.9. The molecule has 4 N–H and O–H groups in total. The Labute approximate surface area is 103 Å². The van der Waals surface area contributed by atoms with E-state index in [1.165, 1.54) is 0 Å². The molecule has 1 aromatic carbocycles. The predicted octanol–water partition coefficient (Wildman–Crippen LogP) is 2.21. The van der Waals surface area contributed by atoms with Crippen molar-refractivity contribution in [2.75, 3.05) is 11.1 Å². The van der Waals surface area contributed by atoms with Gasteiger partial charge in [-0.05, 0) is 19.1 Å². The number of nitrogens with two attached hydrogens (primary N) is 1. The molecule has 1 amide bonds. The number of amides is 1. The average Bonchev–Trinajstić information content (AvgIpc) is 2.63. The summed E-state index contributed by atoms with van der Waals surface area (Å²) in [5, 5.41) is 9.60. The molecule has 0 spiro atoms. The summed E-state index contributed by atoms with van der Waals surface area (Å²) in [6, 6.07) is 6.96. The zero-order chi connectivity index (χ0) is 12.4. The van der Waals surface area contributed by atoms with E-state index in [-0.39, 0.29) is 11.6 Å². The Bertz CT molecular complexity index is 564. The van der Waals surface area contributed by atoms with Gasteiger partial charge in [0, 0.05) is 0 Å². The number of para-hydroxylation sites is 1. The van der Waals surface area contributed by atoms with Crippen molar-refractivity contribution in [1.82, 2.24) is 10.2 Å². The molecule has 2 aromatic rings. The summed E-state index contributed by atoms with van der Waals surface area (Å²) in [6.07, 6.45) is 0. The molecule has 0 saturated heterocycles. The highest BCUT2D eigenvalue weighted by Gasteiger charge is 2.16. The van der Waals surface area contributed by atoms with E-state index in [2.05, 4.69) is 15.5 Å². The van der Waals surface area contributed by atoms with Crippen LogP contribution < -0.4 is 11.1 Å². The van der Waals surface area contributed by atoms with Crippen LogP contribution in [0.3, 0.4) is 0 Å². The van der Waals surface area contributed by atoms with Crippen LogP contribution in [0.25, 0.3) is 0 Å². The highest BCUT2D eigenvalue weighted by molar-refractivity contribution is 6.33. The first-order valence-corrected chi connectivity index (χ1v) is 5.33. The monoisotopic (exact) mass is 250 g/mol. The van der Waals surface area contributed by atoms with Gasteiger partial charge in [-0.1, -0.05) is 23.7 Å². The Kier molecular flexibility index (Phi) is 3.01. The Morgan fingerprint density at radius 1 is 1.47 bits per heavy atom. The van der Waals surface area contributed by atoms with Crippen molar-refractivity contribution in [2.45, 2.75) is 6.92 Å². The van der Waals surface area contributed by atoms with E-state index < -0.39 is 0 Å². The molecule has 17 heavy (non-hydrogen) atoms. The SMILES string of the molecule is Cc1[nH]nc(C(=O)Nc2ccccc2Cl)c1N. The number of hydrogen-bond acceptors (Lipinski definition) is 3. The number of aryl methyl sites for hydroxylation is 1. The fraction of sp³-hybridized carbons (Fsp3) is 0.0909. The highest BCUT2D eigenvalue weighted by atomic mass is 35.5. The van der Waals surface area contributed by atoms with Crippen LogP contribution in [-0.4, -0.2) is 16.1 Å². The van der Waals surface area contributed by atoms with Crippen LogP contribution in [0.15, 0.2) is 24.3 Å². The summed E-state index contributed by atoms with van der Waals surface area (Å²) in [7, 11) is 0. The zero-order valence-electron chi connectivity index (χ0n) is 9.12. The maximum atomic E-state index is 11.9. The molecule has 2 rings (SSSR count). The van der Waals surface area contributed by atoms with Gasteiger partial charge in [0.15, 0.2) is 5.69 Å². The lowest BCUT2D eigenvalue weighted by Crippen LogP contribution is -2.14. The molecule has 0 aliphatic carbocycles. The van der Waals surface area contributed by atoms with Crippen LogP contribution in [0.2, 0.25) is 5.02 Å². The van der Waals surface area contributed by atoms with Gasteiger partial charge >= 0.3 is 0 Å². The molecule has 1 aromatic heterocycles. The molecule has 0 bridgehead atoms. The lowest BCUT2D eigenvalue weighted by Gasteiger charge is -2.05. The largest absolute Gasteiger partial charge is 0.395 e. The molecule has 0 unspecified atom stereocenters. The predicted molar refractivity (Wildman–Crippen MR) is 67.1 cm³/mol. The number of nitrogen functional groups attached to an aromatic ring is 1. The Hall–Kier alpha value is -2.01. The number of aromatic amines is 1. The topological polar surface area (TPSA) is 83.8 Å². The van der Waals surface area contributed by atoms with Crippen molar-refractivity contribution in [3.05, 3.63) is 40.7 Å².